The molecule has 1 heterocycles. The number of carbonyl (C=O) groups excluding carboxylic acids is 1. The molecule has 0 radical (unpaired) electrons. The first-order valence-corrected chi connectivity index (χ1v) is 8.73. The van der Waals surface area contributed by atoms with Crippen LogP contribution in [0.4, 0.5) is 5.69 Å². The highest BCUT2D eigenvalue weighted by Crippen LogP contribution is 2.38. The predicted octanol–water partition coefficient (Wildman–Crippen LogP) is 2.40. The van der Waals surface area contributed by atoms with Crippen molar-refractivity contribution in [3.63, 3.8) is 0 Å². The summed E-state index contributed by atoms with van der Waals surface area (Å²) in [5, 5.41) is 12.8. The Kier molecular flexibility index (Phi) is 5.42. The third kappa shape index (κ3) is 3.96. The van der Waals surface area contributed by atoms with Crippen LogP contribution < -0.4 is 15.0 Å². The number of aliphatic hydroxyl groups is 1. The average molecular weight is 355 g/mol. The zero-order valence-electron chi connectivity index (χ0n) is 15.3. The average Bonchev–Trinajstić information content (AvgIpc) is 2.63. The number of aromatic nitrogens is 1. The molecule has 1 fully saturated rings. The molecule has 1 aliphatic rings. The summed E-state index contributed by atoms with van der Waals surface area (Å²) < 4.78 is 5.26. The van der Waals surface area contributed by atoms with Crippen LogP contribution in [0.3, 0.4) is 0 Å². The predicted molar refractivity (Wildman–Crippen MR) is 100 cm³/mol. The molecule has 6 heteroatoms. The fraction of sp³-hybridized carbons (Fsp3) is 0.400. The van der Waals surface area contributed by atoms with E-state index in [1.54, 1.807) is 25.6 Å². The number of pyridine rings is 1. The van der Waals surface area contributed by atoms with Crippen LogP contribution in [0.25, 0.3) is 0 Å². The van der Waals surface area contributed by atoms with Gasteiger partial charge in [-0.1, -0.05) is 6.07 Å². The zero-order chi connectivity index (χ0) is 18.7. The number of nitrogens with one attached hydrogen (secondary N) is 1. The number of benzene rings is 1. The Hall–Kier alpha value is -2.60. The molecule has 0 spiro atoms. The van der Waals surface area contributed by atoms with Gasteiger partial charge in [0.2, 0.25) is 0 Å². The van der Waals surface area contributed by atoms with Gasteiger partial charge >= 0.3 is 0 Å². The van der Waals surface area contributed by atoms with Crippen molar-refractivity contribution >= 4 is 11.6 Å². The van der Waals surface area contributed by atoms with E-state index in [1.807, 2.05) is 43.3 Å². The molecule has 138 valence electrons. The maximum atomic E-state index is 12.8. The van der Waals surface area contributed by atoms with E-state index in [1.165, 1.54) is 0 Å². The summed E-state index contributed by atoms with van der Waals surface area (Å²) in [6, 6.07) is 9.18. The number of rotatable bonds is 6. The van der Waals surface area contributed by atoms with Gasteiger partial charge in [-0.2, -0.15) is 0 Å². The van der Waals surface area contributed by atoms with Gasteiger partial charge in [0.1, 0.15) is 5.75 Å². The summed E-state index contributed by atoms with van der Waals surface area (Å²) >= 11 is 0. The first kappa shape index (κ1) is 18.2. The number of hydrogen-bond acceptors (Lipinski definition) is 5. The molecule has 0 bridgehead atoms. The molecule has 0 saturated heterocycles. The van der Waals surface area contributed by atoms with Crippen LogP contribution in [0.15, 0.2) is 42.7 Å². The van der Waals surface area contributed by atoms with Gasteiger partial charge in [0.15, 0.2) is 0 Å². The Bertz CT molecular complexity index is 772. The molecule has 2 N–H and O–H groups in total. The number of nitrogens with zero attached hydrogens (tertiary/aromatic N) is 2. The molecule has 1 amide bonds. The second-order valence-electron chi connectivity index (χ2n) is 6.94. The van der Waals surface area contributed by atoms with Crippen LogP contribution >= 0.6 is 0 Å². The monoisotopic (exact) mass is 355 g/mol. The lowest BCUT2D eigenvalue weighted by Gasteiger charge is -2.38. The summed E-state index contributed by atoms with van der Waals surface area (Å²) in [5.41, 5.74) is 2.46. The van der Waals surface area contributed by atoms with Crippen molar-refractivity contribution in [3.05, 3.63) is 53.9 Å². The van der Waals surface area contributed by atoms with Crippen molar-refractivity contribution in [1.82, 2.24) is 10.3 Å². The molecule has 0 aliphatic heterocycles. The topological polar surface area (TPSA) is 74.7 Å². The maximum absolute atomic E-state index is 12.8. The second-order valence-corrected chi connectivity index (χ2v) is 6.94. The quantitative estimate of drug-likeness (QED) is 0.832. The van der Waals surface area contributed by atoms with Gasteiger partial charge in [-0.3, -0.25) is 9.78 Å². The lowest BCUT2D eigenvalue weighted by atomic mass is 9.75. The molecule has 1 atom stereocenters. The van der Waals surface area contributed by atoms with E-state index in [0.29, 0.717) is 24.2 Å². The van der Waals surface area contributed by atoms with E-state index in [9.17, 15) is 9.90 Å². The number of ether oxygens (including phenoxy) is 1. The van der Waals surface area contributed by atoms with E-state index >= 15 is 0 Å². The van der Waals surface area contributed by atoms with Crippen LogP contribution in [0.2, 0.25) is 0 Å². The smallest absolute Gasteiger partial charge is 0.251 e. The Morgan fingerprint density at radius 3 is 2.73 bits per heavy atom. The highest BCUT2D eigenvalue weighted by molar-refractivity contribution is 5.95. The number of amides is 1. The summed E-state index contributed by atoms with van der Waals surface area (Å²) in [5.74, 6) is 0.694. The van der Waals surface area contributed by atoms with E-state index in [0.717, 1.165) is 11.3 Å². The molecular formula is C20H25N3O3. The van der Waals surface area contributed by atoms with Crippen LogP contribution in [0.1, 0.15) is 34.8 Å². The molecule has 26 heavy (non-hydrogen) atoms. The van der Waals surface area contributed by atoms with Gasteiger partial charge < -0.3 is 20.1 Å². The first-order chi connectivity index (χ1) is 12.5. The Morgan fingerprint density at radius 2 is 2.08 bits per heavy atom. The van der Waals surface area contributed by atoms with Gasteiger partial charge in [0.25, 0.3) is 5.91 Å². The van der Waals surface area contributed by atoms with Crippen molar-refractivity contribution in [3.8, 4) is 5.75 Å². The molecule has 6 nitrogen and oxygen atoms in total. The molecule has 3 rings (SSSR count). The molecule has 1 saturated carbocycles. The van der Waals surface area contributed by atoms with E-state index in [-0.39, 0.29) is 24.0 Å². The number of hydrogen-bond donors (Lipinski definition) is 2. The largest absolute Gasteiger partial charge is 0.495 e. The number of methoxy groups -OCH3 is 1. The zero-order valence-corrected chi connectivity index (χ0v) is 15.3. The van der Waals surface area contributed by atoms with Gasteiger partial charge in [0.05, 0.1) is 25.5 Å². The standard InChI is InChI=1S/C20H25N3O3/c1-23(2)16-6-4-5-13(7-16)20(25)22-19(14-8-17(24)9-14)15-10-18(26-3)12-21-11-15/h4-7,10-12,14,17,19,24H,8-9H2,1-3H3,(H,22,25)/t14?,17?,19-/m1/s1. The molecule has 1 aromatic carbocycles. The summed E-state index contributed by atoms with van der Waals surface area (Å²) in [6.45, 7) is 0. The molecule has 1 aliphatic carbocycles. The van der Waals surface area contributed by atoms with E-state index < -0.39 is 0 Å². The van der Waals surface area contributed by atoms with Crippen LogP contribution in [0, 0.1) is 5.92 Å². The summed E-state index contributed by atoms with van der Waals surface area (Å²) in [4.78, 5) is 19.0. The third-order valence-electron chi connectivity index (χ3n) is 4.86. The van der Waals surface area contributed by atoms with Gasteiger partial charge in [-0.05, 0) is 48.6 Å². The van der Waals surface area contributed by atoms with Gasteiger partial charge in [-0.15, -0.1) is 0 Å². The summed E-state index contributed by atoms with van der Waals surface area (Å²) in [6.07, 6.45) is 4.42. The highest BCUT2D eigenvalue weighted by Gasteiger charge is 2.36. The van der Waals surface area contributed by atoms with Crippen molar-refractivity contribution < 1.29 is 14.6 Å². The lowest BCUT2D eigenvalue weighted by molar-refractivity contribution is 0.0234. The minimum atomic E-state index is -0.296. The maximum Gasteiger partial charge on any atom is 0.251 e. The Morgan fingerprint density at radius 1 is 1.31 bits per heavy atom. The number of carbonyl (C=O) groups is 1. The minimum Gasteiger partial charge on any atom is -0.495 e. The summed E-state index contributed by atoms with van der Waals surface area (Å²) in [7, 11) is 5.48. The Balaban J connectivity index is 1.83. The number of anilines is 1. The van der Waals surface area contributed by atoms with Gasteiger partial charge in [-0.25, -0.2) is 0 Å². The Labute approximate surface area is 153 Å². The lowest BCUT2D eigenvalue weighted by Crippen LogP contribution is -2.41. The van der Waals surface area contributed by atoms with Crippen molar-refractivity contribution in [2.45, 2.75) is 25.0 Å². The van der Waals surface area contributed by atoms with Crippen molar-refractivity contribution in [2.24, 2.45) is 5.92 Å². The SMILES string of the molecule is COc1cncc([C@H](NC(=O)c2cccc(N(C)C)c2)C2CC(O)C2)c1. The van der Waals surface area contributed by atoms with Crippen molar-refractivity contribution in [2.75, 3.05) is 26.1 Å². The first-order valence-electron chi connectivity index (χ1n) is 8.73. The van der Waals surface area contributed by atoms with Gasteiger partial charge in [0, 0.05) is 31.5 Å². The normalized spacial score (nSPS) is 20.0. The van der Waals surface area contributed by atoms with Crippen molar-refractivity contribution in [1.29, 1.82) is 0 Å². The minimum absolute atomic E-state index is 0.136. The molecular weight excluding hydrogens is 330 g/mol. The fourth-order valence-electron chi connectivity index (χ4n) is 3.24. The highest BCUT2D eigenvalue weighted by atomic mass is 16.5. The van der Waals surface area contributed by atoms with E-state index in [2.05, 4.69) is 10.3 Å². The third-order valence-corrected chi connectivity index (χ3v) is 4.86. The van der Waals surface area contributed by atoms with Crippen LogP contribution in [0.5, 0.6) is 5.75 Å². The number of aliphatic hydroxyl groups excluding tert-OH is 1. The molecule has 0 unspecified atom stereocenters. The molecule has 2 aromatic rings. The van der Waals surface area contributed by atoms with Crippen LogP contribution in [-0.4, -0.2) is 43.3 Å². The van der Waals surface area contributed by atoms with Crippen LogP contribution in [-0.2, 0) is 0 Å². The van der Waals surface area contributed by atoms with E-state index in [4.69, 9.17) is 4.74 Å². The molecule has 1 aromatic heterocycles. The fourth-order valence-corrected chi connectivity index (χ4v) is 3.24. The second kappa shape index (κ2) is 7.74.